The Hall–Kier alpha value is -5.03. The van der Waals surface area contributed by atoms with Gasteiger partial charge in [-0.1, -0.05) is 84.9 Å². The minimum atomic E-state index is -3.70. The standard InChI is InChI=1S/C40H41N5O4S/c41-24-35-18-17-33-23-38(40(46)49-20-19-44(26-30-15-16-30)25-29-9-3-1-4-10-29)45(39(33)42-35)27-34-22-36(21-32-13-7-8-14-37(32)34)43-50(47,48)28-31-11-5-2-6-12-31/h1-14,17-18,21-23,30,43H,15-16,19-20,24-28,41H2. The van der Waals surface area contributed by atoms with Gasteiger partial charge in [0.15, 0.2) is 0 Å². The van der Waals surface area contributed by atoms with Crippen LogP contribution in [0.15, 0.2) is 115 Å². The predicted octanol–water partition coefficient (Wildman–Crippen LogP) is 6.71. The molecule has 0 aliphatic heterocycles. The third-order valence-corrected chi connectivity index (χ3v) is 10.3. The van der Waals surface area contributed by atoms with Crippen molar-refractivity contribution in [2.45, 2.75) is 38.2 Å². The highest BCUT2D eigenvalue weighted by Crippen LogP contribution is 2.31. The summed E-state index contributed by atoms with van der Waals surface area (Å²) >= 11 is 0. The van der Waals surface area contributed by atoms with Crippen LogP contribution in [0.4, 0.5) is 5.69 Å². The number of nitrogens with two attached hydrogens (primary N) is 1. The number of nitrogens with one attached hydrogen (secondary N) is 1. The first-order valence-electron chi connectivity index (χ1n) is 17.0. The van der Waals surface area contributed by atoms with E-state index in [1.54, 1.807) is 12.1 Å². The van der Waals surface area contributed by atoms with Crippen LogP contribution in [-0.2, 0) is 40.1 Å². The Morgan fingerprint density at radius 3 is 2.34 bits per heavy atom. The molecule has 0 radical (unpaired) electrons. The maximum atomic E-state index is 13.8. The van der Waals surface area contributed by atoms with E-state index >= 15 is 0 Å². The van der Waals surface area contributed by atoms with Gasteiger partial charge < -0.3 is 15.0 Å². The zero-order chi connectivity index (χ0) is 34.5. The van der Waals surface area contributed by atoms with Gasteiger partial charge >= 0.3 is 5.97 Å². The van der Waals surface area contributed by atoms with E-state index in [1.807, 2.05) is 95.6 Å². The van der Waals surface area contributed by atoms with E-state index in [2.05, 4.69) is 21.8 Å². The molecule has 1 aliphatic rings. The lowest BCUT2D eigenvalue weighted by Crippen LogP contribution is -2.30. The van der Waals surface area contributed by atoms with Crippen LogP contribution in [-0.4, -0.2) is 48.5 Å². The first-order valence-corrected chi connectivity index (χ1v) is 18.7. The van der Waals surface area contributed by atoms with Crippen LogP contribution in [0.3, 0.4) is 0 Å². The normalized spacial score (nSPS) is 13.2. The zero-order valence-corrected chi connectivity index (χ0v) is 28.7. The lowest BCUT2D eigenvalue weighted by molar-refractivity contribution is 0.0444. The van der Waals surface area contributed by atoms with Crippen molar-refractivity contribution in [1.82, 2.24) is 14.5 Å². The maximum absolute atomic E-state index is 13.8. The van der Waals surface area contributed by atoms with E-state index in [1.165, 1.54) is 18.4 Å². The van der Waals surface area contributed by atoms with E-state index in [-0.39, 0.29) is 25.4 Å². The molecule has 0 unspecified atom stereocenters. The van der Waals surface area contributed by atoms with E-state index in [4.69, 9.17) is 15.5 Å². The third-order valence-electron chi connectivity index (χ3n) is 9.07. The number of aromatic nitrogens is 2. The molecule has 0 saturated heterocycles. The molecule has 7 rings (SSSR count). The van der Waals surface area contributed by atoms with Crippen molar-refractivity contribution in [1.29, 1.82) is 0 Å². The maximum Gasteiger partial charge on any atom is 0.355 e. The van der Waals surface area contributed by atoms with Gasteiger partial charge in [-0.05, 0) is 76.6 Å². The molecule has 1 aliphatic carbocycles. The van der Waals surface area contributed by atoms with Gasteiger partial charge in [0.1, 0.15) is 17.9 Å². The molecule has 0 atom stereocenters. The SMILES string of the molecule is NCc1ccc2cc(C(=O)OCCN(Cc3ccccc3)CC3CC3)n(Cc3cc(NS(=O)(=O)Cc4ccccc4)cc4ccccc34)c2n1. The number of sulfonamides is 1. The molecule has 2 heterocycles. The topological polar surface area (TPSA) is 120 Å². The highest BCUT2D eigenvalue weighted by molar-refractivity contribution is 7.91. The number of rotatable bonds is 15. The number of fused-ring (bicyclic) bond motifs is 2. The fraction of sp³-hybridized carbons (Fsp3) is 0.250. The Kier molecular flexibility index (Phi) is 9.93. The van der Waals surface area contributed by atoms with E-state index in [0.29, 0.717) is 40.7 Å². The fourth-order valence-electron chi connectivity index (χ4n) is 6.45. The number of ether oxygens (including phenoxy) is 1. The van der Waals surface area contributed by atoms with E-state index in [0.717, 1.165) is 34.8 Å². The van der Waals surface area contributed by atoms with Crippen molar-refractivity contribution in [2.75, 3.05) is 24.4 Å². The molecule has 9 nitrogen and oxygen atoms in total. The smallest absolute Gasteiger partial charge is 0.355 e. The Bertz CT molecular complexity index is 2220. The Balaban J connectivity index is 1.17. The summed E-state index contributed by atoms with van der Waals surface area (Å²) in [7, 11) is -3.70. The van der Waals surface area contributed by atoms with Crippen LogP contribution < -0.4 is 10.5 Å². The lowest BCUT2D eigenvalue weighted by Gasteiger charge is -2.22. The molecule has 0 amide bonds. The molecule has 256 valence electrons. The quantitative estimate of drug-likeness (QED) is 0.115. The van der Waals surface area contributed by atoms with Crippen molar-refractivity contribution in [3.63, 3.8) is 0 Å². The van der Waals surface area contributed by atoms with Gasteiger partial charge in [0.25, 0.3) is 0 Å². The van der Waals surface area contributed by atoms with Crippen molar-refractivity contribution >= 4 is 43.5 Å². The molecular weight excluding hydrogens is 647 g/mol. The number of hydrogen-bond acceptors (Lipinski definition) is 7. The molecule has 4 aromatic carbocycles. The van der Waals surface area contributed by atoms with Gasteiger partial charge in [0.2, 0.25) is 10.0 Å². The number of esters is 1. The summed E-state index contributed by atoms with van der Waals surface area (Å²) in [5, 5.41) is 2.59. The Morgan fingerprint density at radius 2 is 1.60 bits per heavy atom. The first-order chi connectivity index (χ1) is 24.3. The molecule has 0 bridgehead atoms. The molecule has 2 aromatic heterocycles. The van der Waals surface area contributed by atoms with Gasteiger partial charge in [-0.2, -0.15) is 0 Å². The number of hydrogen-bond donors (Lipinski definition) is 2. The second-order valence-corrected chi connectivity index (χ2v) is 14.8. The Labute approximate surface area is 292 Å². The third kappa shape index (κ3) is 8.22. The minimum absolute atomic E-state index is 0.149. The molecule has 0 spiro atoms. The summed E-state index contributed by atoms with van der Waals surface area (Å²) < 4.78 is 37.1. The summed E-state index contributed by atoms with van der Waals surface area (Å²) in [5.41, 5.74) is 10.8. The summed E-state index contributed by atoms with van der Waals surface area (Å²) in [6.07, 6.45) is 2.49. The van der Waals surface area contributed by atoms with Crippen molar-refractivity contribution < 1.29 is 17.9 Å². The average Bonchev–Trinajstić information content (AvgIpc) is 3.87. The van der Waals surface area contributed by atoms with Crippen LogP contribution in [0, 0.1) is 5.92 Å². The molecule has 1 fully saturated rings. The molecule has 10 heteroatoms. The van der Waals surface area contributed by atoms with Crippen molar-refractivity contribution in [2.24, 2.45) is 11.7 Å². The number of anilines is 1. The number of pyridine rings is 1. The molecule has 1 saturated carbocycles. The molecular formula is C40H41N5O4S. The van der Waals surface area contributed by atoms with Gasteiger partial charge in [0, 0.05) is 37.3 Å². The fourth-order valence-corrected chi connectivity index (χ4v) is 7.63. The summed E-state index contributed by atoms with van der Waals surface area (Å²) in [6, 6.07) is 36.5. The summed E-state index contributed by atoms with van der Waals surface area (Å²) in [5.74, 6) is 0.115. The number of nitrogens with zero attached hydrogens (tertiary/aromatic N) is 3. The Morgan fingerprint density at radius 1 is 0.880 bits per heavy atom. The lowest BCUT2D eigenvalue weighted by atomic mass is 10.0. The first kappa shape index (κ1) is 33.5. The second kappa shape index (κ2) is 14.8. The number of carbonyl (C=O) groups excluding carboxylic acids is 1. The number of benzene rings is 4. The van der Waals surface area contributed by atoms with Gasteiger partial charge in [0.05, 0.1) is 18.0 Å². The average molecular weight is 688 g/mol. The predicted molar refractivity (Wildman–Crippen MR) is 198 cm³/mol. The number of carbonyl (C=O) groups is 1. The second-order valence-electron chi connectivity index (χ2n) is 13.0. The summed E-state index contributed by atoms with van der Waals surface area (Å²) in [6.45, 7) is 3.18. The van der Waals surface area contributed by atoms with Gasteiger partial charge in [-0.25, -0.2) is 18.2 Å². The van der Waals surface area contributed by atoms with Crippen molar-refractivity contribution in [3.05, 3.63) is 143 Å². The van der Waals surface area contributed by atoms with Crippen LogP contribution in [0.25, 0.3) is 21.8 Å². The molecule has 50 heavy (non-hydrogen) atoms. The van der Waals surface area contributed by atoms with Crippen molar-refractivity contribution in [3.8, 4) is 0 Å². The minimum Gasteiger partial charge on any atom is -0.460 e. The summed E-state index contributed by atoms with van der Waals surface area (Å²) in [4.78, 5) is 21.0. The van der Waals surface area contributed by atoms with E-state index < -0.39 is 16.0 Å². The highest BCUT2D eigenvalue weighted by atomic mass is 32.2. The van der Waals surface area contributed by atoms with Gasteiger partial charge in [-0.15, -0.1) is 0 Å². The highest BCUT2D eigenvalue weighted by Gasteiger charge is 2.25. The van der Waals surface area contributed by atoms with Crippen LogP contribution in [0.1, 0.15) is 45.7 Å². The van der Waals surface area contributed by atoms with Crippen LogP contribution in [0.5, 0.6) is 0 Å². The van der Waals surface area contributed by atoms with Crippen LogP contribution >= 0.6 is 0 Å². The largest absolute Gasteiger partial charge is 0.460 e. The van der Waals surface area contributed by atoms with Crippen LogP contribution in [0.2, 0.25) is 0 Å². The zero-order valence-electron chi connectivity index (χ0n) is 27.9. The monoisotopic (exact) mass is 687 g/mol. The molecule has 6 aromatic rings. The van der Waals surface area contributed by atoms with E-state index in [9.17, 15) is 13.2 Å². The van der Waals surface area contributed by atoms with Gasteiger partial charge in [-0.3, -0.25) is 9.62 Å². The molecule has 3 N–H and O–H groups in total.